The van der Waals surface area contributed by atoms with Crippen molar-refractivity contribution < 1.29 is 14.4 Å². The van der Waals surface area contributed by atoms with Crippen LogP contribution in [-0.4, -0.2) is 17.1 Å². The van der Waals surface area contributed by atoms with Crippen LogP contribution in [0.1, 0.15) is 40.5 Å². The fraction of sp³-hybridized carbons (Fsp3) is 0.250. The number of carbonyl (C=O) groups is 3. The number of benzene rings is 1. The third-order valence-electron chi connectivity index (χ3n) is 2.09. The Kier molecular flexibility index (Phi) is 4.84. The third kappa shape index (κ3) is 3.67. The first-order chi connectivity index (χ1) is 8.06. The van der Waals surface area contributed by atoms with Crippen LogP contribution in [0.15, 0.2) is 24.3 Å². The second-order valence-electron chi connectivity index (χ2n) is 3.43. The summed E-state index contributed by atoms with van der Waals surface area (Å²) in [5, 5.41) is 1.97. The van der Waals surface area contributed by atoms with E-state index in [2.05, 4.69) is 5.32 Å². The summed E-state index contributed by atoms with van der Waals surface area (Å²) in [7, 11) is 0. The van der Waals surface area contributed by atoms with Crippen molar-refractivity contribution in [2.45, 2.75) is 19.8 Å². The Balaban J connectivity index is 0.000000209. The molecule has 5 heteroatoms. The zero-order valence-electron chi connectivity index (χ0n) is 9.33. The van der Waals surface area contributed by atoms with E-state index < -0.39 is 0 Å². The van der Waals surface area contributed by atoms with Crippen molar-refractivity contribution in [1.29, 1.82) is 0 Å². The summed E-state index contributed by atoms with van der Waals surface area (Å²) in [6.07, 6.45) is 1.35. The number of hydrogen-bond donors (Lipinski definition) is 1. The molecule has 0 bridgehead atoms. The monoisotopic (exact) mass is 253 g/mol. The van der Waals surface area contributed by atoms with Gasteiger partial charge in [0.1, 0.15) is 0 Å². The van der Waals surface area contributed by atoms with Gasteiger partial charge in [-0.15, -0.1) is 0 Å². The van der Waals surface area contributed by atoms with Gasteiger partial charge in [-0.3, -0.25) is 19.7 Å². The zero-order valence-corrected chi connectivity index (χ0v) is 10.1. The minimum absolute atomic E-state index is 0.238. The third-order valence-corrected chi connectivity index (χ3v) is 2.28. The van der Waals surface area contributed by atoms with E-state index in [4.69, 9.17) is 11.6 Å². The number of fused-ring (bicyclic) bond motifs is 1. The molecule has 0 fully saturated rings. The molecule has 0 radical (unpaired) electrons. The molecule has 1 aliphatic heterocycles. The molecule has 2 amide bonds. The van der Waals surface area contributed by atoms with E-state index in [1.807, 2.05) is 6.92 Å². The quantitative estimate of drug-likeness (QED) is 0.649. The number of halogens is 1. The van der Waals surface area contributed by atoms with Gasteiger partial charge in [0.25, 0.3) is 11.8 Å². The summed E-state index contributed by atoms with van der Waals surface area (Å²) in [5.41, 5.74) is 0.940. The van der Waals surface area contributed by atoms with E-state index in [0.717, 1.165) is 6.42 Å². The highest BCUT2D eigenvalue weighted by atomic mass is 35.5. The second-order valence-corrected chi connectivity index (χ2v) is 3.86. The molecule has 2 rings (SSSR count). The Labute approximate surface area is 104 Å². The Morgan fingerprint density at radius 1 is 1.18 bits per heavy atom. The molecule has 1 N–H and O–H groups in total. The maximum atomic E-state index is 10.9. The largest absolute Gasteiger partial charge is 0.288 e. The molecule has 1 heterocycles. The first-order valence-corrected chi connectivity index (χ1v) is 5.57. The van der Waals surface area contributed by atoms with Crippen molar-refractivity contribution in [3.63, 3.8) is 0 Å². The van der Waals surface area contributed by atoms with Crippen LogP contribution in [0.2, 0.25) is 0 Å². The minimum atomic E-state index is -0.300. The highest BCUT2D eigenvalue weighted by molar-refractivity contribution is 6.63. The van der Waals surface area contributed by atoms with Crippen LogP contribution < -0.4 is 5.32 Å². The van der Waals surface area contributed by atoms with Gasteiger partial charge in [-0.05, 0) is 30.2 Å². The number of hydrogen-bond acceptors (Lipinski definition) is 3. The first-order valence-electron chi connectivity index (χ1n) is 5.19. The standard InChI is InChI=1S/C8H5NO2.C4H7ClO/c10-7-5-3-1-2-4-6(5)8(11)9-7;1-2-3-4(5)6/h1-4H,(H,9,10,11);2-3H2,1H3. The number of carbonyl (C=O) groups excluding carboxylic acids is 3. The summed E-state index contributed by atoms with van der Waals surface area (Å²) >= 11 is 4.94. The molecule has 90 valence electrons. The Morgan fingerprint density at radius 3 is 1.94 bits per heavy atom. The van der Waals surface area contributed by atoms with Crippen LogP contribution >= 0.6 is 11.6 Å². The van der Waals surface area contributed by atoms with E-state index in [1.165, 1.54) is 0 Å². The Hall–Kier alpha value is -1.68. The van der Waals surface area contributed by atoms with Crippen LogP contribution in [0.25, 0.3) is 0 Å². The molecule has 0 aliphatic carbocycles. The second kappa shape index (κ2) is 6.15. The zero-order chi connectivity index (χ0) is 12.8. The van der Waals surface area contributed by atoms with Crippen LogP contribution in [-0.2, 0) is 4.79 Å². The molecular formula is C12H12ClNO3. The summed E-state index contributed by atoms with van der Waals surface area (Å²) in [6.45, 7) is 1.92. The molecular weight excluding hydrogens is 242 g/mol. The van der Waals surface area contributed by atoms with Gasteiger partial charge in [0.05, 0.1) is 11.1 Å². The highest BCUT2D eigenvalue weighted by Gasteiger charge is 2.25. The van der Waals surface area contributed by atoms with Crippen LogP contribution in [0.4, 0.5) is 0 Å². The van der Waals surface area contributed by atoms with Gasteiger partial charge < -0.3 is 0 Å². The van der Waals surface area contributed by atoms with E-state index >= 15 is 0 Å². The molecule has 0 spiro atoms. The van der Waals surface area contributed by atoms with E-state index in [-0.39, 0.29) is 17.1 Å². The number of nitrogens with one attached hydrogen (secondary N) is 1. The number of rotatable bonds is 2. The minimum Gasteiger partial charge on any atom is -0.288 e. The summed E-state index contributed by atoms with van der Waals surface area (Å²) < 4.78 is 0. The lowest BCUT2D eigenvalue weighted by Gasteiger charge is -1.88. The number of imide groups is 1. The topological polar surface area (TPSA) is 63.2 Å². The van der Waals surface area contributed by atoms with Crippen molar-refractivity contribution in [1.82, 2.24) is 5.32 Å². The van der Waals surface area contributed by atoms with Gasteiger partial charge >= 0.3 is 0 Å². The molecule has 1 aromatic rings. The average molecular weight is 254 g/mol. The van der Waals surface area contributed by atoms with Crippen LogP contribution in [0.5, 0.6) is 0 Å². The van der Waals surface area contributed by atoms with Gasteiger partial charge in [-0.2, -0.15) is 0 Å². The van der Waals surface area contributed by atoms with Crippen molar-refractivity contribution >= 4 is 28.7 Å². The normalized spacial score (nSPS) is 12.4. The molecule has 1 aromatic carbocycles. The smallest absolute Gasteiger partial charge is 0.258 e. The van der Waals surface area contributed by atoms with E-state index in [9.17, 15) is 14.4 Å². The Bertz CT molecular complexity index is 424. The van der Waals surface area contributed by atoms with Gasteiger partial charge in [0, 0.05) is 6.42 Å². The lowest BCUT2D eigenvalue weighted by molar-refractivity contribution is -0.111. The molecule has 0 unspecified atom stereocenters. The highest BCUT2D eigenvalue weighted by Crippen LogP contribution is 2.13. The summed E-state index contributed by atoms with van der Waals surface area (Å²) in [4.78, 5) is 31.7. The van der Waals surface area contributed by atoms with Crippen molar-refractivity contribution in [3.8, 4) is 0 Å². The average Bonchev–Trinajstić information content (AvgIpc) is 2.56. The van der Waals surface area contributed by atoms with Gasteiger partial charge in [0.15, 0.2) is 0 Å². The molecule has 17 heavy (non-hydrogen) atoms. The summed E-state index contributed by atoms with van der Waals surface area (Å²) in [6, 6.07) is 6.74. The van der Waals surface area contributed by atoms with Gasteiger partial charge in [0.2, 0.25) is 5.24 Å². The van der Waals surface area contributed by atoms with E-state index in [1.54, 1.807) is 24.3 Å². The fourth-order valence-corrected chi connectivity index (χ4v) is 1.50. The molecule has 4 nitrogen and oxygen atoms in total. The predicted octanol–water partition coefficient (Wildman–Crippen LogP) is 2.12. The maximum Gasteiger partial charge on any atom is 0.258 e. The molecule has 0 aromatic heterocycles. The lowest BCUT2D eigenvalue weighted by Crippen LogP contribution is -2.19. The number of amides is 2. The molecule has 0 saturated heterocycles. The Morgan fingerprint density at radius 2 is 1.65 bits per heavy atom. The van der Waals surface area contributed by atoms with Gasteiger partial charge in [-0.1, -0.05) is 19.1 Å². The maximum absolute atomic E-state index is 10.9. The van der Waals surface area contributed by atoms with Crippen LogP contribution in [0.3, 0.4) is 0 Å². The van der Waals surface area contributed by atoms with Crippen molar-refractivity contribution in [2.75, 3.05) is 0 Å². The molecule has 0 atom stereocenters. The predicted molar refractivity (Wildman–Crippen MR) is 64.0 cm³/mol. The fourth-order valence-electron chi connectivity index (χ4n) is 1.31. The van der Waals surface area contributed by atoms with Crippen molar-refractivity contribution in [2.24, 2.45) is 0 Å². The molecule has 0 saturated carbocycles. The lowest BCUT2D eigenvalue weighted by atomic mass is 10.1. The summed E-state index contributed by atoms with van der Waals surface area (Å²) in [5.74, 6) is -0.601. The van der Waals surface area contributed by atoms with E-state index in [0.29, 0.717) is 17.5 Å². The SMILES string of the molecule is CCCC(=O)Cl.O=C1NC(=O)c2ccccc21. The van der Waals surface area contributed by atoms with Crippen molar-refractivity contribution in [3.05, 3.63) is 35.4 Å². The molecule has 1 aliphatic rings. The van der Waals surface area contributed by atoms with Gasteiger partial charge in [-0.25, -0.2) is 0 Å². The first kappa shape index (κ1) is 13.4. The van der Waals surface area contributed by atoms with Crippen LogP contribution in [0, 0.1) is 0 Å².